The van der Waals surface area contributed by atoms with Gasteiger partial charge in [-0.2, -0.15) is 0 Å². The quantitative estimate of drug-likeness (QED) is 0.476. The van der Waals surface area contributed by atoms with Crippen LogP contribution in [0.2, 0.25) is 0 Å². The van der Waals surface area contributed by atoms with Crippen LogP contribution in [0.4, 0.5) is 0 Å². The monoisotopic (exact) mass is 138 g/mol. The summed E-state index contributed by atoms with van der Waals surface area (Å²) in [6.45, 7) is 8.48. The Labute approximate surface area is 60.2 Å². The molecule has 0 bridgehead atoms. The highest BCUT2D eigenvalue weighted by atomic mass is 16.4. The van der Waals surface area contributed by atoms with E-state index in [0.717, 1.165) is 0 Å². The molecule has 0 aliphatic rings. The van der Waals surface area contributed by atoms with Crippen LogP contribution in [0.15, 0.2) is 36.5 Å². The molecule has 0 aliphatic heterocycles. The lowest BCUT2D eigenvalue weighted by Crippen LogP contribution is -1.95. The van der Waals surface area contributed by atoms with E-state index >= 15 is 0 Å². The largest absolute Gasteiger partial charge is 0.478 e. The van der Waals surface area contributed by atoms with Crippen LogP contribution in [0.1, 0.15) is 6.92 Å². The van der Waals surface area contributed by atoms with Gasteiger partial charge in [0.2, 0.25) is 0 Å². The van der Waals surface area contributed by atoms with Crippen LogP contribution in [0, 0.1) is 0 Å². The molecule has 0 heterocycles. The van der Waals surface area contributed by atoms with Crippen LogP contribution in [-0.2, 0) is 4.79 Å². The predicted molar refractivity (Wildman–Crippen MR) is 40.7 cm³/mol. The Morgan fingerprint density at radius 2 is 2.10 bits per heavy atom. The van der Waals surface area contributed by atoms with Crippen molar-refractivity contribution in [2.45, 2.75) is 6.92 Å². The molecule has 0 rings (SSSR count). The maximum absolute atomic E-state index is 10.2. The molecular weight excluding hydrogens is 128 g/mol. The van der Waals surface area contributed by atoms with Gasteiger partial charge in [0.15, 0.2) is 0 Å². The second-order valence-electron chi connectivity index (χ2n) is 1.91. The number of hydrogen-bond acceptors (Lipinski definition) is 1. The molecule has 2 heteroatoms. The third-order valence-electron chi connectivity index (χ3n) is 1.00. The summed E-state index contributed by atoms with van der Waals surface area (Å²) in [5.41, 5.74) is 0.879. The Hall–Kier alpha value is -1.31. The van der Waals surface area contributed by atoms with Crippen LogP contribution >= 0.6 is 0 Å². The van der Waals surface area contributed by atoms with E-state index in [2.05, 4.69) is 13.2 Å². The average Bonchev–Trinajstić information content (AvgIpc) is 1.87. The maximum atomic E-state index is 10.2. The van der Waals surface area contributed by atoms with Crippen molar-refractivity contribution in [2.75, 3.05) is 0 Å². The smallest absolute Gasteiger partial charge is 0.331 e. The van der Waals surface area contributed by atoms with Gasteiger partial charge in [-0.3, -0.25) is 0 Å². The van der Waals surface area contributed by atoms with Gasteiger partial charge in [-0.25, -0.2) is 4.79 Å². The minimum atomic E-state index is -0.928. The lowest BCUT2D eigenvalue weighted by Gasteiger charge is -1.91. The first kappa shape index (κ1) is 8.69. The van der Waals surface area contributed by atoms with E-state index < -0.39 is 5.97 Å². The fraction of sp³-hybridized carbons (Fsp3) is 0.125. The first-order valence-electron chi connectivity index (χ1n) is 2.81. The lowest BCUT2D eigenvalue weighted by molar-refractivity contribution is -0.132. The van der Waals surface area contributed by atoms with Gasteiger partial charge < -0.3 is 5.11 Å². The molecule has 1 N–H and O–H groups in total. The number of hydrogen-bond donors (Lipinski definition) is 1. The molecule has 0 fully saturated rings. The number of carboxylic acid groups (broad SMARTS) is 1. The summed E-state index contributed by atoms with van der Waals surface area (Å²) in [4.78, 5) is 10.2. The topological polar surface area (TPSA) is 37.3 Å². The molecule has 0 saturated carbocycles. The van der Waals surface area contributed by atoms with Crippen LogP contribution in [0.25, 0.3) is 0 Å². The highest BCUT2D eigenvalue weighted by Crippen LogP contribution is 1.99. The lowest BCUT2D eigenvalue weighted by atomic mass is 10.2. The van der Waals surface area contributed by atoms with E-state index in [4.69, 9.17) is 5.11 Å². The Bertz CT molecular complexity index is 199. The van der Waals surface area contributed by atoms with Gasteiger partial charge in [-0.05, 0) is 18.6 Å². The van der Waals surface area contributed by atoms with Gasteiger partial charge in [-0.1, -0.05) is 19.2 Å². The molecule has 0 saturated heterocycles. The van der Waals surface area contributed by atoms with E-state index in [-0.39, 0.29) is 5.57 Å². The van der Waals surface area contributed by atoms with Crippen LogP contribution in [0.3, 0.4) is 0 Å². The Morgan fingerprint density at radius 3 is 2.40 bits per heavy atom. The molecule has 2 nitrogen and oxygen atoms in total. The van der Waals surface area contributed by atoms with Crippen molar-refractivity contribution < 1.29 is 9.90 Å². The summed E-state index contributed by atoms with van der Waals surface area (Å²) in [7, 11) is 0. The van der Waals surface area contributed by atoms with Crippen LogP contribution in [-0.4, -0.2) is 11.1 Å². The molecule has 0 unspecified atom stereocenters. The summed E-state index contributed by atoms with van der Waals surface area (Å²) in [6, 6.07) is 0. The van der Waals surface area contributed by atoms with Crippen molar-refractivity contribution in [3.05, 3.63) is 36.5 Å². The second-order valence-corrected chi connectivity index (χ2v) is 1.91. The molecule has 0 aliphatic carbocycles. The zero-order chi connectivity index (χ0) is 8.15. The average molecular weight is 138 g/mol. The van der Waals surface area contributed by atoms with E-state index in [1.807, 2.05) is 0 Å². The zero-order valence-corrected chi connectivity index (χ0v) is 5.92. The second kappa shape index (κ2) is 3.67. The minimum Gasteiger partial charge on any atom is -0.478 e. The first-order valence-corrected chi connectivity index (χ1v) is 2.81. The van der Waals surface area contributed by atoms with Gasteiger partial charge in [0.1, 0.15) is 0 Å². The number of aliphatic carboxylic acids is 1. The van der Waals surface area contributed by atoms with Crippen molar-refractivity contribution in [2.24, 2.45) is 0 Å². The van der Waals surface area contributed by atoms with Gasteiger partial charge in [0.05, 0.1) is 0 Å². The standard InChI is InChI=1S/C8H10O2/c1-4-6(2)5-7(3)8(9)10/h4-5H,1-2H2,3H3,(H,9,10). The number of carbonyl (C=O) groups is 1. The molecule has 0 amide bonds. The molecule has 0 atom stereocenters. The maximum Gasteiger partial charge on any atom is 0.331 e. The third kappa shape index (κ3) is 2.87. The summed E-state index contributed by atoms with van der Waals surface area (Å²) in [5.74, 6) is -0.928. The van der Waals surface area contributed by atoms with Gasteiger partial charge >= 0.3 is 5.97 Å². The molecule has 54 valence electrons. The Kier molecular flexibility index (Phi) is 3.19. The van der Waals surface area contributed by atoms with Crippen LogP contribution < -0.4 is 0 Å². The van der Waals surface area contributed by atoms with Crippen molar-refractivity contribution in [1.82, 2.24) is 0 Å². The first-order chi connectivity index (χ1) is 4.57. The van der Waals surface area contributed by atoms with E-state index in [1.54, 1.807) is 0 Å². The molecule has 0 radical (unpaired) electrons. The number of carboxylic acids is 1. The molecule has 10 heavy (non-hydrogen) atoms. The summed E-state index contributed by atoms with van der Waals surface area (Å²) < 4.78 is 0. The van der Waals surface area contributed by atoms with E-state index in [9.17, 15) is 4.79 Å². The molecule has 0 aromatic heterocycles. The van der Waals surface area contributed by atoms with Crippen LogP contribution in [0.5, 0.6) is 0 Å². The van der Waals surface area contributed by atoms with Crippen molar-refractivity contribution in [3.63, 3.8) is 0 Å². The highest BCUT2D eigenvalue weighted by Gasteiger charge is 1.97. The van der Waals surface area contributed by atoms with Gasteiger partial charge in [-0.15, -0.1) is 0 Å². The molecular formula is C8H10O2. The SMILES string of the molecule is C=CC(=C)C=C(C)C(=O)O. The van der Waals surface area contributed by atoms with Gasteiger partial charge in [0.25, 0.3) is 0 Å². The highest BCUT2D eigenvalue weighted by molar-refractivity contribution is 5.86. The fourth-order valence-corrected chi connectivity index (χ4v) is 0.399. The number of rotatable bonds is 3. The molecule has 0 spiro atoms. The zero-order valence-electron chi connectivity index (χ0n) is 5.92. The van der Waals surface area contributed by atoms with E-state index in [0.29, 0.717) is 5.57 Å². The van der Waals surface area contributed by atoms with Gasteiger partial charge in [0, 0.05) is 5.57 Å². The third-order valence-corrected chi connectivity index (χ3v) is 1.00. The Morgan fingerprint density at radius 1 is 1.60 bits per heavy atom. The van der Waals surface area contributed by atoms with E-state index in [1.165, 1.54) is 19.1 Å². The molecule has 0 aromatic rings. The van der Waals surface area contributed by atoms with Crippen molar-refractivity contribution in [1.29, 1.82) is 0 Å². The summed E-state index contributed by atoms with van der Waals surface area (Å²) in [5, 5.41) is 8.38. The number of allylic oxidation sites excluding steroid dienone is 3. The Balaban J connectivity index is 4.30. The van der Waals surface area contributed by atoms with Crippen molar-refractivity contribution >= 4 is 5.97 Å². The summed E-state index contributed by atoms with van der Waals surface area (Å²) in [6.07, 6.45) is 2.97. The normalized spacial score (nSPS) is 10.7. The predicted octanol–water partition coefficient (Wildman–Crippen LogP) is 1.76. The minimum absolute atomic E-state index is 0.268. The van der Waals surface area contributed by atoms with Crippen molar-refractivity contribution in [3.8, 4) is 0 Å². The fourth-order valence-electron chi connectivity index (χ4n) is 0.399. The summed E-state index contributed by atoms with van der Waals surface area (Å²) >= 11 is 0. The molecule has 0 aromatic carbocycles.